The number of carbonyl (C=O) groups excluding carboxylic acids is 1. The van der Waals surface area contributed by atoms with Gasteiger partial charge in [0.15, 0.2) is 5.65 Å². The van der Waals surface area contributed by atoms with Gasteiger partial charge in [-0.1, -0.05) is 25.0 Å². The van der Waals surface area contributed by atoms with E-state index < -0.39 is 5.97 Å². The quantitative estimate of drug-likeness (QED) is 0.511. The fourth-order valence-electron chi connectivity index (χ4n) is 3.65. The summed E-state index contributed by atoms with van der Waals surface area (Å²) in [7, 11) is 0. The predicted molar refractivity (Wildman–Crippen MR) is 112 cm³/mol. The van der Waals surface area contributed by atoms with Crippen molar-refractivity contribution in [3.8, 4) is 0 Å². The molecule has 1 amide bonds. The number of carboxylic acids is 1. The fraction of sp³-hybridized carbons (Fsp3) is 0.455. The minimum Gasteiger partial charge on any atom is -0.481 e. The summed E-state index contributed by atoms with van der Waals surface area (Å²) in [5.74, 6) is -0.722. The summed E-state index contributed by atoms with van der Waals surface area (Å²) in [4.78, 5) is 27.4. The van der Waals surface area contributed by atoms with Crippen LogP contribution in [0.15, 0.2) is 24.3 Å². The number of benzene rings is 1. The standard InChI is InChI=1S/C22H28N4O3/c1-15-17(12-13-20(27)23-14-8-4-3-5-11-21(28)29)16(2)26-22(24-15)18-9-6-7-10-19(18)25-26/h6-7,9-10H,3-5,8,11-14H2,1-2H3,(H,23,27)(H,28,29). The predicted octanol–water partition coefficient (Wildman–Crippen LogP) is 3.58. The Hall–Kier alpha value is -2.96. The molecule has 0 saturated carbocycles. The van der Waals surface area contributed by atoms with Crippen LogP contribution in [0, 0.1) is 13.8 Å². The Labute approximate surface area is 170 Å². The number of aliphatic carboxylic acids is 1. The molecule has 0 bridgehead atoms. The topological polar surface area (TPSA) is 96.6 Å². The molecular formula is C22H28N4O3. The van der Waals surface area contributed by atoms with Gasteiger partial charge in [0, 0.05) is 36.2 Å². The van der Waals surface area contributed by atoms with Gasteiger partial charge in [-0.05, 0) is 50.8 Å². The largest absolute Gasteiger partial charge is 0.481 e. The molecule has 1 aromatic carbocycles. The maximum Gasteiger partial charge on any atom is 0.303 e. The first kappa shape index (κ1) is 20.8. The Morgan fingerprint density at radius 2 is 1.83 bits per heavy atom. The zero-order valence-corrected chi connectivity index (χ0v) is 17.1. The van der Waals surface area contributed by atoms with Crippen LogP contribution < -0.4 is 5.32 Å². The molecule has 0 aliphatic carbocycles. The molecule has 3 aromatic rings. The molecule has 7 heteroatoms. The van der Waals surface area contributed by atoms with Crippen LogP contribution in [0.3, 0.4) is 0 Å². The summed E-state index contributed by atoms with van der Waals surface area (Å²) >= 11 is 0. The van der Waals surface area contributed by atoms with Crippen molar-refractivity contribution in [3.05, 3.63) is 41.2 Å². The van der Waals surface area contributed by atoms with Crippen molar-refractivity contribution in [2.75, 3.05) is 6.54 Å². The van der Waals surface area contributed by atoms with Crippen LogP contribution in [-0.2, 0) is 16.0 Å². The lowest BCUT2D eigenvalue weighted by atomic mass is 10.1. The molecule has 154 valence electrons. The van der Waals surface area contributed by atoms with Crippen LogP contribution in [0.5, 0.6) is 0 Å². The third kappa shape index (κ3) is 5.10. The van der Waals surface area contributed by atoms with Gasteiger partial charge in [0.05, 0.1) is 5.52 Å². The lowest BCUT2D eigenvalue weighted by molar-refractivity contribution is -0.137. The van der Waals surface area contributed by atoms with E-state index in [-0.39, 0.29) is 12.3 Å². The minimum atomic E-state index is -0.750. The summed E-state index contributed by atoms with van der Waals surface area (Å²) in [6.45, 7) is 4.64. The highest BCUT2D eigenvalue weighted by Gasteiger charge is 2.14. The van der Waals surface area contributed by atoms with E-state index in [1.807, 2.05) is 42.6 Å². The molecule has 2 aromatic heterocycles. The summed E-state index contributed by atoms with van der Waals surface area (Å²) in [6, 6.07) is 7.96. The molecule has 3 rings (SSSR count). The summed E-state index contributed by atoms with van der Waals surface area (Å²) in [5, 5.41) is 17.3. The van der Waals surface area contributed by atoms with Crippen molar-refractivity contribution in [3.63, 3.8) is 0 Å². The van der Waals surface area contributed by atoms with Gasteiger partial charge in [-0.2, -0.15) is 5.10 Å². The van der Waals surface area contributed by atoms with Crippen molar-refractivity contribution >= 4 is 28.4 Å². The van der Waals surface area contributed by atoms with Crippen LogP contribution in [0.1, 0.15) is 55.5 Å². The first-order valence-corrected chi connectivity index (χ1v) is 10.2. The smallest absolute Gasteiger partial charge is 0.303 e. The number of rotatable bonds is 10. The number of hydrogen-bond acceptors (Lipinski definition) is 4. The Morgan fingerprint density at radius 1 is 1.07 bits per heavy atom. The third-order valence-electron chi connectivity index (χ3n) is 5.26. The number of amides is 1. The van der Waals surface area contributed by atoms with Crippen LogP contribution in [-0.4, -0.2) is 38.1 Å². The van der Waals surface area contributed by atoms with E-state index in [9.17, 15) is 9.59 Å². The number of hydrogen-bond donors (Lipinski definition) is 2. The average molecular weight is 396 g/mol. The Kier molecular flexibility index (Phi) is 6.80. The summed E-state index contributed by atoms with van der Waals surface area (Å²) < 4.78 is 1.88. The Balaban J connectivity index is 1.53. The second kappa shape index (κ2) is 9.49. The van der Waals surface area contributed by atoms with E-state index in [4.69, 9.17) is 10.1 Å². The van der Waals surface area contributed by atoms with E-state index in [0.717, 1.165) is 52.8 Å². The first-order chi connectivity index (χ1) is 14.0. The minimum absolute atomic E-state index is 0.0278. The van der Waals surface area contributed by atoms with Crippen molar-refractivity contribution in [2.45, 2.75) is 58.8 Å². The number of unbranched alkanes of at least 4 members (excludes halogenated alkanes) is 3. The van der Waals surface area contributed by atoms with Crippen molar-refractivity contribution in [1.82, 2.24) is 19.9 Å². The third-order valence-corrected chi connectivity index (χ3v) is 5.26. The fourth-order valence-corrected chi connectivity index (χ4v) is 3.65. The summed E-state index contributed by atoms with van der Waals surface area (Å²) in [6.07, 6.45) is 4.63. The van der Waals surface area contributed by atoms with E-state index in [1.54, 1.807) is 0 Å². The van der Waals surface area contributed by atoms with Gasteiger partial charge < -0.3 is 10.4 Å². The lowest BCUT2D eigenvalue weighted by Crippen LogP contribution is -2.25. The average Bonchev–Trinajstić information content (AvgIpc) is 3.05. The second-order valence-corrected chi connectivity index (χ2v) is 7.42. The van der Waals surface area contributed by atoms with E-state index in [0.29, 0.717) is 25.8 Å². The number of aromatic nitrogens is 3. The molecule has 0 saturated heterocycles. The zero-order chi connectivity index (χ0) is 20.8. The van der Waals surface area contributed by atoms with Crippen LogP contribution in [0.2, 0.25) is 0 Å². The number of aryl methyl sites for hydroxylation is 2. The Morgan fingerprint density at radius 3 is 2.62 bits per heavy atom. The first-order valence-electron chi connectivity index (χ1n) is 10.2. The number of carboxylic acid groups (broad SMARTS) is 1. The van der Waals surface area contributed by atoms with Gasteiger partial charge in [-0.25, -0.2) is 9.50 Å². The Bertz CT molecular complexity index is 1030. The molecule has 2 heterocycles. The van der Waals surface area contributed by atoms with Crippen LogP contribution in [0.4, 0.5) is 0 Å². The van der Waals surface area contributed by atoms with E-state index in [2.05, 4.69) is 10.4 Å². The molecule has 7 nitrogen and oxygen atoms in total. The van der Waals surface area contributed by atoms with Gasteiger partial charge in [0.25, 0.3) is 0 Å². The van der Waals surface area contributed by atoms with Crippen LogP contribution >= 0.6 is 0 Å². The molecule has 0 unspecified atom stereocenters. The molecular weight excluding hydrogens is 368 g/mol. The molecule has 29 heavy (non-hydrogen) atoms. The summed E-state index contributed by atoms with van der Waals surface area (Å²) in [5.41, 5.74) is 4.79. The lowest BCUT2D eigenvalue weighted by Gasteiger charge is -2.11. The SMILES string of the molecule is Cc1nc2c3ccccc3nn2c(C)c1CCC(=O)NCCCCCCC(=O)O. The van der Waals surface area contributed by atoms with Crippen molar-refractivity contribution in [1.29, 1.82) is 0 Å². The number of fused-ring (bicyclic) bond motifs is 3. The highest BCUT2D eigenvalue weighted by Crippen LogP contribution is 2.22. The number of carbonyl (C=O) groups is 2. The van der Waals surface area contributed by atoms with Crippen LogP contribution in [0.25, 0.3) is 16.6 Å². The molecule has 0 atom stereocenters. The van der Waals surface area contributed by atoms with Gasteiger partial charge >= 0.3 is 5.97 Å². The van der Waals surface area contributed by atoms with E-state index >= 15 is 0 Å². The highest BCUT2D eigenvalue weighted by atomic mass is 16.4. The molecule has 0 aliphatic rings. The number of nitrogens with one attached hydrogen (secondary N) is 1. The molecule has 2 N–H and O–H groups in total. The van der Waals surface area contributed by atoms with Gasteiger partial charge in [0.1, 0.15) is 0 Å². The maximum atomic E-state index is 12.2. The highest BCUT2D eigenvalue weighted by molar-refractivity contribution is 5.92. The normalized spacial score (nSPS) is 11.2. The van der Waals surface area contributed by atoms with Crippen molar-refractivity contribution in [2.24, 2.45) is 0 Å². The molecule has 0 radical (unpaired) electrons. The van der Waals surface area contributed by atoms with Gasteiger partial charge in [-0.15, -0.1) is 0 Å². The number of nitrogens with zero attached hydrogens (tertiary/aromatic N) is 3. The maximum absolute atomic E-state index is 12.2. The zero-order valence-electron chi connectivity index (χ0n) is 17.1. The molecule has 0 spiro atoms. The second-order valence-electron chi connectivity index (χ2n) is 7.42. The van der Waals surface area contributed by atoms with E-state index in [1.165, 1.54) is 0 Å². The molecule has 0 fully saturated rings. The van der Waals surface area contributed by atoms with Gasteiger partial charge in [0.2, 0.25) is 5.91 Å². The molecule has 0 aliphatic heterocycles. The monoisotopic (exact) mass is 396 g/mol. The van der Waals surface area contributed by atoms with Gasteiger partial charge in [-0.3, -0.25) is 9.59 Å². The van der Waals surface area contributed by atoms with Crippen molar-refractivity contribution < 1.29 is 14.7 Å².